The number of amides is 2. The fourth-order valence-corrected chi connectivity index (χ4v) is 4.61. The Bertz CT molecular complexity index is 1180. The van der Waals surface area contributed by atoms with Gasteiger partial charge in [0.15, 0.2) is 23.3 Å². The quantitative estimate of drug-likeness (QED) is 0.260. The monoisotopic (exact) mass is 520 g/mol. The van der Waals surface area contributed by atoms with E-state index in [4.69, 9.17) is 9.47 Å². The van der Waals surface area contributed by atoms with E-state index in [-0.39, 0.29) is 36.7 Å². The third-order valence-corrected chi connectivity index (χ3v) is 5.98. The van der Waals surface area contributed by atoms with Crippen LogP contribution in [0.4, 0.5) is 31.7 Å². The maximum Gasteiger partial charge on any atom is 0.410 e. The third-order valence-electron chi connectivity index (χ3n) is 4.85. The lowest BCUT2D eigenvalue weighted by Gasteiger charge is -2.30. The first-order valence-corrected chi connectivity index (χ1v) is 11.2. The number of anilines is 1. The molecule has 0 radical (unpaired) electrons. The summed E-state index contributed by atoms with van der Waals surface area (Å²) in [5.74, 6) is -14.1. The second-order valence-corrected chi connectivity index (χ2v) is 9.58. The number of fused-ring (bicyclic) bond motifs is 1. The number of nitrogens with zero attached hydrogens (tertiary/aromatic N) is 1. The van der Waals surface area contributed by atoms with Crippen molar-refractivity contribution in [1.82, 2.24) is 4.90 Å². The van der Waals surface area contributed by atoms with Crippen LogP contribution in [0.5, 0.6) is 0 Å². The molecule has 2 amide bonds. The van der Waals surface area contributed by atoms with Crippen molar-refractivity contribution in [3.05, 3.63) is 50.7 Å². The number of rotatable bonds is 4. The molecule has 190 valence electrons. The molecule has 2 aromatic rings. The second kappa shape index (κ2) is 9.80. The predicted octanol–water partition coefficient (Wildman–Crippen LogP) is 5.17. The molecule has 1 aliphatic heterocycles. The van der Waals surface area contributed by atoms with Gasteiger partial charge in [0.05, 0.1) is 18.7 Å². The topological polar surface area (TPSA) is 84.9 Å². The van der Waals surface area contributed by atoms with Crippen LogP contribution in [0.1, 0.15) is 58.9 Å². The zero-order valence-corrected chi connectivity index (χ0v) is 19.9. The lowest BCUT2D eigenvalue weighted by Crippen LogP contribution is -2.39. The molecule has 0 fully saturated rings. The standard InChI is InChI=1S/C22H21F5N2O5S/c1-5-33-20(31)11-9-6-7-29(21(32)34-22(2,3)4)8-10(9)35-19(11)28-18(30)12-13(23)15(25)17(27)16(26)14(12)24/h5-8H2,1-4H3,(H,28,30). The molecule has 7 nitrogen and oxygen atoms in total. The van der Waals surface area contributed by atoms with Crippen LogP contribution in [-0.4, -0.2) is 41.6 Å². The summed E-state index contributed by atoms with van der Waals surface area (Å²) in [6.07, 6.45) is -0.446. The summed E-state index contributed by atoms with van der Waals surface area (Å²) in [6.45, 7) is 6.74. The van der Waals surface area contributed by atoms with Gasteiger partial charge in [0.2, 0.25) is 5.82 Å². The first-order valence-electron chi connectivity index (χ1n) is 10.4. The average molecular weight is 520 g/mol. The molecule has 0 bridgehead atoms. The zero-order chi connectivity index (χ0) is 26.2. The molecule has 3 rings (SSSR count). The van der Waals surface area contributed by atoms with E-state index in [1.54, 1.807) is 20.8 Å². The van der Waals surface area contributed by atoms with E-state index in [2.05, 4.69) is 5.32 Å². The number of nitrogens with one attached hydrogen (secondary N) is 1. The Hall–Kier alpha value is -3.22. The Morgan fingerprint density at radius 3 is 2.09 bits per heavy atom. The molecule has 0 spiro atoms. The van der Waals surface area contributed by atoms with Crippen LogP contribution < -0.4 is 5.32 Å². The van der Waals surface area contributed by atoms with Crippen molar-refractivity contribution < 1.29 is 45.8 Å². The first kappa shape index (κ1) is 26.4. The van der Waals surface area contributed by atoms with Crippen molar-refractivity contribution in [3.8, 4) is 0 Å². The van der Waals surface area contributed by atoms with Gasteiger partial charge in [-0.3, -0.25) is 4.79 Å². The minimum atomic E-state index is -2.41. The molecule has 13 heteroatoms. The molecule has 1 aromatic heterocycles. The van der Waals surface area contributed by atoms with Crippen molar-refractivity contribution in [1.29, 1.82) is 0 Å². The number of hydrogen-bond acceptors (Lipinski definition) is 6. The lowest BCUT2D eigenvalue weighted by molar-refractivity contribution is 0.0226. The van der Waals surface area contributed by atoms with E-state index in [0.29, 0.717) is 10.4 Å². The van der Waals surface area contributed by atoms with Crippen molar-refractivity contribution in [2.24, 2.45) is 0 Å². The fourth-order valence-electron chi connectivity index (χ4n) is 3.36. The van der Waals surface area contributed by atoms with Crippen LogP contribution >= 0.6 is 11.3 Å². The highest BCUT2D eigenvalue weighted by Crippen LogP contribution is 2.38. The van der Waals surface area contributed by atoms with Gasteiger partial charge in [-0.25, -0.2) is 31.5 Å². The molecular formula is C22H21F5N2O5S. The second-order valence-electron chi connectivity index (χ2n) is 8.48. The Morgan fingerprint density at radius 2 is 1.54 bits per heavy atom. The smallest absolute Gasteiger partial charge is 0.410 e. The van der Waals surface area contributed by atoms with Gasteiger partial charge in [-0.1, -0.05) is 0 Å². The van der Waals surface area contributed by atoms with Gasteiger partial charge in [0, 0.05) is 11.4 Å². The first-order chi connectivity index (χ1) is 16.3. The highest BCUT2D eigenvalue weighted by atomic mass is 32.1. The molecule has 0 saturated heterocycles. The summed E-state index contributed by atoms with van der Waals surface area (Å²) >= 11 is 0.813. The van der Waals surface area contributed by atoms with Gasteiger partial charge in [0.25, 0.3) is 5.91 Å². The number of carbonyl (C=O) groups excluding carboxylic acids is 3. The Kier molecular flexibility index (Phi) is 7.39. The van der Waals surface area contributed by atoms with Crippen molar-refractivity contribution in [2.75, 3.05) is 18.5 Å². The zero-order valence-electron chi connectivity index (χ0n) is 19.1. The van der Waals surface area contributed by atoms with Crippen LogP contribution in [-0.2, 0) is 22.4 Å². The SMILES string of the molecule is CCOC(=O)c1c(NC(=O)c2c(F)c(F)c(F)c(F)c2F)sc2c1CCN(C(=O)OC(C)(C)C)C2. The van der Waals surface area contributed by atoms with Crippen molar-refractivity contribution >= 4 is 34.3 Å². The maximum atomic E-state index is 14.1. The molecule has 0 aliphatic carbocycles. The number of ether oxygens (including phenoxy) is 2. The predicted molar refractivity (Wildman–Crippen MR) is 115 cm³/mol. The van der Waals surface area contributed by atoms with Crippen LogP contribution in [0.15, 0.2) is 0 Å². The van der Waals surface area contributed by atoms with E-state index in [1.165, 1.54) is 11.8 Å². The molecule has 35 heavy (non-hydrogen) atoms. The Balaban J connectivity index is 1.99. The van der Waals surface area contributed by atoms with E-state index < -0.39 is 58.2 Å². The Morgan fingerprint density at radius 1 is 0.971 bits per heavy atom. The summed E-state index contributed by atoms with van der Waals surface area (Å²) in [4.78, 5) is 39.5. The largest absolute Gasteiger partial charge is 0.462 e. The van der Waals surface area contributed by atoms with Crippen LogP contribution in [0, 0.1) is 29.1 Å². The minimum Gasteiger partial charge on any atom is -0.462 e. The summed E-state index contributed by atoms with van der Waals surface area (Å²) in [5, 5.41) is 1.86. The van der Waals surface area contributed by atoms with Crippen LogP contribution in [0.25, 0.3) is 0 Å². The molecule has 0 unspecified atom stereocenters. The van der Waals surface area contributed by atoms with Gasteiger partial charge in [-0.15, -0.1) is 11.3 Å². The highest BCUT2D eigenvalue weighted by Gasteiger charge is 2.35. The van der Waals surface area contributed by atoms with Gasteiger partial charge in [0.1, 0.15) is 16.2 Å². The van der Waals surface area contributed by atoms with Gasteiger partial charge in [-0.2, -0.15) is 0 Å². The van der Waals surface area contributed by atoms with Gasteiger partial charge in [-0.05, 0) is 39.7 Å². The summed E-state index contributed by atoms with van der Waals surface area (Å²) in [6, 6.07) is 0. The van der Waals surface area contributed by atoms with E-state index >= 15 is 0 Å². The molecule has 1 aromatic carbocycles. The number of benzene rings is 1. The van der Waals surface area contributed by atoms with Crippen molar-refractivity contribution in [2.45, 2.75) is 46.3 Å². The molecular weight excluding hydrogens is 499 g/mol. The number of carbonyl (C=O) groups is 3. The van der Waals surface area contributed by atoms with E-state index in [1.807, 2.05) is 0 Å². The number of hydrogen-bond donors (Lipinski definition) is 1. The van der Waals surface area contributed by atoms with Crippen molar-refractivity contribution in [3.63, 3.8) is 0 Å². The molecule has 0 saturated carbocycles. The third kappa shape index (κ3) is 5.24. The molecule has 1 aliphatic rings. The number of thiophene rings is 1. The average Bonchev–Trinajstić information content (AvgIpc) is 3.12. The fraction of sp³-hybridized carbons (Fsp3) is 0.409. The number of halogens is 5. The molecule has 2 heterocycles. The summed E-state index contributed by atoms with van der Waals surface area (Å²) in [5.41, 5.74) is -2.14. The minimum absolute atomic E-state index is 0.000282. The number of esters is 1. The highest BCUT2D eigenvalue weighted by molar-refractivity contribution is 7.17. The lowest BCUT2D eigenvalue weighted by atomic mass is 10.0. The normalized spacial score (nSPS) is 13.3. The molecule has 0 atom stereocenters. The van der Waals surface area contributed by atoms with E-state index in [9.17, 15) is 36.3 Å². The van der Waals surface area contributed by atoms with Crippen LogP contribution in [0.3, 0.4) is 0 Å². The Labute approximate surface area is 200 Å². The van der Waals surface area contributed by atoms with E-state index in [0.717, 1.165) is 11.3 Å². The van der Waals surface area contributed by atoms with Gasteiger partial charge >= 0.3 is 12.1 Å². The summed E-state index contributed by atoms with van der Waals surface area (Å²) in [7, 11) is 0. The van der Waals surface area contributed by atoms with Gasteiger partial charge < -0.3 is 19.7 Å². The maximum absolute atomic E-state index is 14.1. The molecule has 1 N–H and O–H groups in total. The van der Waals surface area contributed by atoms with Crippen LogP contribution in [0.2, 0.25) is 0 Å². The summed E-state index contributed by atoms with van der Waals surface area (Å²) < 4.78 is 79.1.